The number of hydroxylamine groups is 2. The summed E-state index contributed by atoms with van der Waals surface area (Å²) in [6.07, 6.45) is 4.28. The smallest absolute Gasteiger partial charge is 0.127 e. The lowest BCUT2D eigenvalue weighted by molar-refractivity contribution is -0.327. The van der Waals surface area contributed by atoms with Crippen LogP contribution in [0.25, 0.3) is 0 Å². The van der Waals surface area contributed by atoms with E-state index in [1.807, 2.05) is 36.4 Å². The van der Waals surface area contributed by atoms with Crippen molar-refractivity contribution in [3.05, 3.63) is 60.2 Å². The van der Waals surface area contributed by atoms with Crippen LogP contribution in [0.5, 0.6) is 11.5 Å². The number of nitrogens with zero attached hydrogens (tertiary/aromatic N) is 1. The van der Waals surface area contributed by atoms with Gasteiger partial charge in [-0.3, -0.25) is 4.84 Å². The first-order valence-corrected chi connectivity index (χ1v) is 12.3. The standard InChI is InChI=1S/C28H35NO4/c1-24(2)16-21(30)17-25(3,4)29(24)33-27-18-26(27)13-14-28(26,31-19-27)20-9-8-12-23(15-20)32-22-10-6-5-7-11-22/h5-12,15,21,30H,13-14,16-19H2,1-4H3. The summed E-state index contributed by atoms with van der Waals surface area (Å²) in [6, 6.07) is 18.3. The summed E-state index contributed by atoms with van der Waals surface area (Å²) in [6.45, 7) is 9.32. The molecule has 2 saturated carbocycles. The highest BCUT2D eigenvalue weighted by Crippen LogP contribution is 2.83. The second-order valence-corrected chi connectivity index (χ2v) is 11.9. The number of aliphatic hydroxyl groups is 1. The van der Waals surface area contributed by atoms with Crippen LogP contribution < -0.4 is 4.74 Å². The Hall–Kier alpha value is -1.92. The zero-order valence-corrected chi connectivity index (χ0v) is 20.1. The molecule has 3 unspecified atom stereocenters. The van der Waals surface area contributed by atoms with E-state index in [0.29, 0.717) is 19.4 Å². The molecule has 5 heteroatoms. The number of rotatable bonds is 5. The van der Waals surface area contributed by atoms with Gasteiger partial charge in [-0.25, -0.2) is 0 Å². The molecule has 2 aliphatic heterocycles. The van der Waals surface area contributed by atoms with Gasteiger partial charge in [0, 0.05) is 16.5 Å². The van der Waals surface area contributed by atoms with Gasteiger partial charge in [-0.15, -0.1) is 0 Å². The molecule has 1 N–H and O–H groups in total. The van der Waals surface area contributed by atoms with E-state index in [2.05, 4.69) is 51.0 Å². The molecule has 176 valence electrons. The Morgan fingerprint density at radius 1 is 0.909 bits per heavy atom. The number of hydrogen-bond donors (Lipinski definition) is 1. The zero-order valence-electron chi connectivity index (χ0n) is 20.1. The molecule has 2 saturated heterocycles. The van der Waals surface area contributed by atoms with Gasteiger partial charge in [0.05, 0.1) is 12.7 Å². The number of hydrogen-bond acceptors (Lipinski definition) is 5. The highest BCUT2D eigenvalue weighted by Gasteiger charge is 2.88. The van der Waals surface area contributed by atoms with Crippen molar-refractivity contribution in [2.75, 3.05) is 6.61 Å². The van der Waals surface area contributed by atoms with Crippen molar-refractivity contribution in [3.63, 3.8) is 0 Å². The lowest BCUT2D eigenvalue weighted by Gasteiger charge is -2.54. The average Bonchev–Trinajstić information content (AvgIpc) is 3.38. The molecular weight excluding hydrogens is 414 g/mol. The van der Waals surface area contributed by atoms with Gasteiger partial charge >= 0.3 is 0 Å². The van der Waals surface area contributed by atoms with Crippen LogP contribution in [-0.4, -0.2) is 39.6 Å². The molecule has 2 aromatic rings. The predicted octanol–water partition coefficient (Wildman–Crippen LogP) is 5.57. The van der Waals surface area contributed by atoms with Crippen molar-refractivity contribution in [2.24, 2.45) is 5.41 Å². The van der Waals surface area contributed by atoms with Crippen molar-refractivity contribution in [3.8, 4) is 11.5 Å². The summed E-state index contributed by atoms with van der Waals surface area (Å²) in [5.41, 5.74) is 0.159. The van der Waals surface area contributed by atoms with Gasteiger partial charge in [-0.1, -0.05) is 30.3 Å². The third kappa shape index (κ3) is 2.99. The maximum Gasteiger partial charge on any atom is 0.127 e. The number of piperidine rings is 1. The normalized spacial score (nSPS) is 36.5. The van der Waals surface area contributed by atoms with Crippen LogP contribution >= 0.6 is 0 Å². The van der Waals surface area contributed by atoms with Crippen LogP contribution in [0.15, 0.2) is 54.6 Å². The number of benzene rings is 2. The Kier molecular flexibility index (Phi) is 4.46. The van der Waals surface area contributed by atoms with Crippen molar-refractivity contribution in [1.29, 1.82) is 0 Å². The summed E-state index contributed by atoms with van der Waals surface area (Å²) in [5, 5.41) is 12.6. The molecule has 4 fully saturated rings. The largest absolute Gasteiger partial charge is 0.457 e. The van der Waals surface area contributed by atoms with E-state index >= 15 is 0 Å². The number of ether oxygens (including phenoxy) is 2. The fourth-order valence-electron chi connectivity index (χ4n) is 7.28. The van der Waals surface area contributed by atoms with E-state index in [1.165, 1.54) is 5.56 Å². The fraction of sp³-hybridized carbons (Fsp3) is 0.571. The molecule has 0 bridgehead atoms. The first-order valence-electron chi connectivity index (χ1n) is 12.3. The van der Waals surface area contributed by atoms with E-state index in [4.69, 9.17) is 14.3 Å². The summed E-state index contributed by atoms with van der Waals surface area (Å²) in [5.74, 6) is 1.67. The van der Waals surface area contributed by atoms with Crippen molar-refractivity contribution < 1.29 is 19.4 Å². The second-order valence-electron chi connectivity index (χ2n) is 11.9. The Labute approximate surface area is 196 Å². The lowest BCUT2D eigenvalue weighted by Crippen LogP contribution is -2.63. The predicted molar refractivity (Wildman–Crippen MR) is 126 cm³/mol. The van der Waals surface area contributed by atoms with Crippen LogP contribution in [0.3, 0.4) is 0 Å². The van der Waals surface area contributed by atoms with E-state index in [-0.39, 0.29) is 33.8 Å². The molecule has 4 aliphatic rings. The number of para-hydroxylation sites is 1. The Bertz CT molecular complexity index is 1050. The van der Waals surface area contributed by atoms with Crippen molar-refractivity contribution in [2.45, 2.75) is 88.2 Å². The first kappa shape index (κ1) is 21.6. The minimum atomic E-state index is -0.299. The van der Waals surface area contributed by atoms with Crippen LogP contribution in [0.1, 0.15) is 65.4 Å². The fourth-order valence-corrected chi connectivity index (χ4v) is 7.28. The first-order chi connectivity index (χ1) is 15.6. The van der Waals surface area contributed by atoms with Gasteiger partial charge in [-0.2, -0.15) is 5.06 Å². The monoisotopic (exact) mass is 449 g/mol. The van der Waals surface area contributed by atoms with Gasteiger partial charge in [0.2, 0.25) is 0 Å². The molecule has 6 rings (SSSR count). The van der Waals surface area contributed by atoms with Gasteiger partial charge < -0.3 is 14.6 Å². The second kappa shape index (κ2) is 6.82. The zero-order chi connectivity index (χ0) is 23.1. The van der Waals surface area contributed by atoms with Crippen molar-refractivity contribution >= 4 is 0 Å². The molecule has 2 heterocycles. The van der Waals surface area contributed by atoms with Crippen LogP contribution in [0, 0.1) is 5.41 Å². The average molecular weight is 450 g/mol. The minimum absolute atomic E-state index is 0.0214. The third-order valence-corrected chi connectivity index (χ3v) is 8.68. The highest BCUT2D eigenvalue weighted by molar-refractivity contribution is 5.46. The van der Waals surface area contributed by atoms with Gasteiger partial charge in [0.25, 0.3) is 0 Å². The number of aliphatic hydroxyl groups excluding tert-OH is 1. The quantitative estimate of drug-likeness (QED) is 0.646. The summed E-state index contributed by atoms with van der Waals surface area (Å²) in [7, 11) is 0. The van der Waals surface area contributed by atoms with Crippen LogP contribution in [0.4, 0.5) is 0 Å². The molecule has 0 radical (unpaired) electrons. The molecule has 0 aromatic heterocycles. The highest BCUT2D eigenvalue weighted by atomic mass is 16.7. The molecule has 3 atom stereocenters. The van der Waals surface area contributed by atoms with E-state index in [0.717, 1.165) is 30.8 Å². The summed E-state index contributed by atoms with van der Waals surface area (Å²) >= 11 is 0. The minimum Gasteiger partial charge on any atom is -0.457 e. The Morgan fingerprint density at radius 3 is 2.27 bits per heavy atom. The summed E-state index contributed by atoms with van der Waals surface area (Å²) < 4.78 is 12.8. The van der Waals surface area contributed by atoms with E-state index < -0.39 is 0 Å². The van der Waals surface area contributed by atoms with Crippen LogP contribution in [-0.2, 0) is 15.2 Å². The molecule has 2 aliphatic carbocycles. The maximum absolute atomic E-state index is 10.4. The van der Waals surface area contributed by atoms with Crippen LogP contribution in [0.2, 0.25) is 0 Å². The topological polar surface area (TPSA) is 51.2 Å². The molecule has 5 nitrogen and oxygen atoms in total. The van der Waals surface area contributed by atoms with E-state index in [9.17, 15) is 5.11 Å². The van der Waals surface area contributed by atoms with Gasteiger partial charge in [0.15, 0.2) is 0 Å². The molecule has 0 amide bonds. The Balaban J connectivity index is 1.27. The van der Waals surface area contributed by atoms with Crippen molar-refractivity contribution in [1.82, 2.24) is 5.06 Å². The molecule has 33 heavy (non-hydrogen) atoms. The Morgan fingerprint density at radius 2 is 1.61 bits per heavy atom. The SMILES string of the molecule is CC1(C)CC(O)CC(C)(C)N1OC12COC3(c4cccc(Oc5ccccc5)c4)CCC13C2. The lowest BCUT2D eigenvalue weighted by atomic mass is 9.62. The molecular formula is C28H35NO4. The third-order valence-electron chi connectivity index (χ3n) is 8.68. The van der Waals surface area contributed by atoms with Gasteiger partial charge in [-0.05, 0) is 89.6 Å². The molecule has 2 aromatic carbocycles. The van der Waals surface area contributed by atoms with Gasteiger partial charge in [0.1, 0.15) is 22.7 Å². The summed E-state index contributed by atoms with van der Waals surface area (Å²) in [4.78, 5) is 6.96. The maximum atomic E-state index is 10.4. The molecule has 1 spiro atoms. The van der Waals surface area contributed by atoms with E-state index in [1.54, 1.807) is 0 Å².